The van der Waals surface area contributed by atoms with Gasteiger partial charge in [-0.15, -0.1) is 0 Å². The largest absolute Gasteiger partial charge is 0.310 e. The molecule has 0 bridgehead atoms. The number of fused-ring (bicyclic) bond motifs is 3. The van der Waals surface area contributed by atoms with Crippen LogP contribution in [-0.4, -0.2) is 24.5 Å². The molecule has 0 saturated heterocycles. The van der Waals surface area contributed by atoms with Crippen LogP contribution in [0.1, 0.15) is 48.4 Å². The van der Waals surface area contributed by atoms with Crippen molar-refractivity contribution in [1.82, 2.24) is 24.5 Å². The first-order valence-corrected chi connectivity index (χ1v) is 19.2. The summed E-state index contributed by atoms with van der Waals surface area (Å²) in [5.41, 5.74) is 14.1. The Labute approximate surface area is 321 Å². The Bertz CT molecular complexity index is 2630. The Balaban J connectivity index is 1.02. The molecule has 7 aromatic rings. The molecular formula is C50H39N5. The van der Waals surface area contributed by atoms with Crippen molar-refractivity contribution in [2.75, 3.05) is 0 Å². The fourth-order valence-corrected chi connectivity index (χ4v) is 8.33. The summed E-state index contributed by atoms with van der Waals surface area (Å²) in [6, 6.07) is 36.9. The average molecular weight is 710 g/mol. The molecule has 0 spiro atoms. The Morgan fingerprint density at radius 1 is 0.600 bits per heavy atom. The van der Waals surface area contributed by atoms with Crippen LogP contribution in [-0.2, 0) is 0 Å². The van der Waals surface area contributed by atoms with Crippen molar-refractivity contribution >= 4 is 38.6 Å². The molecule has 0 amide bonds. The van der Waals surface area contributed by atoms with Gasteiger partial charge >= 0.3 is 0 Å². The summed E-state index contributed by atoms with van der Waals surface area (Å²) in [6.07, 6.45) is 30.1. The summed E-state index contributed by atoms with van der Waals surface area (Å²) in [6.45, 7) is 0. The minimum Gasteiger partial charge on any atom is -0.310 e. The van der Waals surface area contributed by atoms with Crippen LogP contribution in [0, 0.1) is 5.92 Å². The molecule has 0 aliphatic heterocycles. The Kier molecular flexibility index (Phi) is 8.53. The summed E-state index contributed by atoms with van der Waals surface area (Å²) < 4.78 is 2.46. The van der Waals surface area contributed by atoms with Gasteiger partial charge in [0.1, 0.15) is 0 Å². The van der Waals surface area contributed by atoms with Gasteiger partial charge in [-0.25, -0.2) is 9.97 Å². The fourth-order valence-electron chi connectivity index (χ4n) is 8.33. The minimum atomic E-state index is 0.128. The van der Waals surface area contributed by atoms with Crippen molar-refractivity contribution < 1.29 is 0 Å². The standard InChI is InChI=1S/C50H39N5/c1-2-8-34(9-3-1)35-14-16-36(17-15-35)41-30-42(32-43(31-41)55-48-12-6-4-10-44(48)45-11-5-7-13-49(45)55)37-18-20-38(21-19-37)46-33-47(39-22-26-51-27-23-39)54-50(53-46)40-24-28-52-29-25-40/h2,4-20,22-29,31-33,38,42H,1,3,21,30H2. The van der Waals surface area contributed by atoms with E-state index in [1.165, 1.54) is 55.3 Å². The Morgan fingerprint density at radius 3 is 1.96 bits per heavy atom. The van der Waals surface area contributed by atoms with Gasteiger partial charge in [0, 0.05) is 64.2 Å². The van der Waals surface area contributed by atoms with Crippen LogP contribution in [0.2, 0.25) is 0 Å². The fraction of sp³-hybridized carbons (Fsp3) is 0.120. The molecule has 2 unspecified atom stereocenters. The number of hydrogen-bond acceptors (Lipinski definition) is 4. The molecule has 3 aliphatic carbocycles. The predicted octanol–water partition coefficient (Wildman–Crippen LogP) is 12.1. The van der Waals surface area contributed by atoms with Crippen molar-refractivity contribution in [3.63, 3.8) is 0 Å². The average Bonchev–Trinajstić information content (AvgIpc) is 3.61. The molecule has 4 aromatic heterocycles. The second-order valence-corrected chi connectivity index (χ2v) is 14.5. The van der Waals surface area contributed by atoms with Gasteiger partial charge in [-0.05, 0) is 102 Å². The number of para-hydroxylation sites is 2. The van der Waals surface area contributed by atoms with E-state index < -0.39 is 0 Å². The van der Waals surface area contributed by atoms with Crippen LogP contribution in [0.4, 0.5) is 0 Å². The van der Waals surface area contributed by atoms with Crippen molar-refractivity contribution in [1.29, 1.82) is 0 Å². The lowest BCUT2D eigenvalue weighted by Gasteiger charge is -2.27. The first kappa shape index (κ1) is 32.9. The SMILES string of the molecule is C1=CC(c2ccc(C3=CC(n4c5ccccc5c5ccccc54)=CC(C4=CCC(c5cc(-c6ccncc6)nc(-c6ccncc6)n5)C=C4)C3)cc2)=CCC1. The van der Waals surface area contributed by atoms with Crippen LogP contribution < -0.4 is 0 Å². The molecule has 5 nitrogen and oxygen atoms in total. The molecule has 3 aromatic carbocycles. The molecule has 0 N–H and O–H groups in total. The van der Waals surface area contributed by atoms with Gasteiger partial charge in [0.05, 0.1) is 22.4 Å². The third-order valence-corrected chi connectivity index (χ3v) is 11.2. The summed E-state index contributed by atoms with van der Waals surface area (Å²) >= 11 is 0. The zero-order chi connectivity index (χ0) is 36.6. The van der Waals surface area contributed by atoms with E-state index in [1.54, 1.807) is 12.4 Å². The van der Waals surface area contributed by atoms with Gasteiger partial charge in [0.2, 0.25) is 0 Å². The quantitative estimate of drug-likeness (QED) is 0.165. The zero-order valence-electron chi connectivity index (χ0n) is 30.5. The second-order valence-electron chi connectivity index (χ2n) is 14.5. The van der Waals surface area contributed by atoms with E-state index in [9.17, 15) is 0 Å². The smallest absolute Gasteiger partial charge is 0.160 e. The number of nitrogens with zero attached hydrogens (tertiary/aromatic N) is 5. The molecule has 0 fully saturated rings. The van der Waals surface area contributed by atoms with Gasteiger partial charge in [-0.3, -0.25) is 9.97 Å². The molecule has 0 radical (unpaired) electrons. The highest BCUT2D eigenvalue weighted by Gasteiger charge is 2.25. The topological polar surface area (TPSA) is 56.5 Å². The van der Waals surface area contributed by atoms with Crippen LogP contribution in [0.5, 0.6) is 0 Å². The maximum Gasteiger partial charge on any atom is 0.160 e. The van der Waals surface area contributed by atoms with E-state index in [0.717, 1.165) is 48.2 Å². The van der Waals surface area contributed by atoms with E-state index in [-0.39, 0.29) is 11.8 Å². The van der Waals surface area contributed by atoms with Gasteiger partial charge in [0.25, 0.3) is 0 Å². The van der Waals surface area contributed by atoms with Crippen molar-refractivity contribution in [3.8, 4) is 22.6 Å². The van der Waals surface area contributed by atoms with E-state index in [2.05, 4.69) is 142 Å². The first-order valence-electron chi connectivity index (χ1n) is 19.2. The lowest BCUT2D eigenvalue weighted by atomic mass is 9.80. The Morgan fingerprint density at radius 2 is 1.29 bits per heavy atom. The molecule has 3 aliphatic rings. The highest BCUT2D eigenvalue weighted by Crippen LogP contribution is 2.42. The van der Waals surface area contributed by atoms with Crippen molar-refractivity contribution in [3.05, 3.63) is 199 Å². The van der Waals surface area contributed by atoms with Crippen LogP contribution in [0.3, 0.4) is 0 Å². The number of aromatic nitrogens is 5. The maximum absolute atomic E-state index is 5.12. The summed E-state index contributed by atoms with van der Waals surface area (Å²) in [4.78, 5) is 18.5. The van der Waals surface area contributed by atoms with Gasteiger partial charge in [-0.1, -0.05) is 103 Å². The summed E-state index contributed by atoms with van der Waals surface area (Å²) in [5, 5.41) is 2.55. The van der Waals surface area contributed by atoms with Gasteiger partial charge in [-0.2, -0.15) is 0 Å². The highest BCUT2D eigenvalue weighted by atomic mass is 15.0. The third-order valence-electron chi connectivity index (χ3n) is 11.2. The zero-order valence-corrected chi connectivity index (χ0v) is 30.5. The molecule has 55 heavy (non-hydrogen) atoms. The molecule has 10 rings (SSSR count). The van der Waals surface area contributed by atoms with Gasteiger partial charge in [0.15, 0.2) is 5.82 Å². The minimum absolute atomic E-state index is 0.128. The number of benzene rings is 3. The molecule has 2 atom stereocenters. The molecule has 5 heteroatoms. The van der Waals surface area contributed by atoms with E-state index >= 15 is 0 Å². The number of hydrogen-bond donors (Lipinski definition) is 0. The van der Waals surface area contributed by atoms with Crippen LogP contribution in [0.25, 0.3) is 61.3 Å². The van der Waals surface area contributed by atoms with E-state index in [1.807, 2.05) is 36.7 Å². The summed E-state index contributed by atoms with van der Waals surface area (Å²) in [5.74, 6) is 1.04. The Hall–Kier alpha value is -6.72. The van der Waals surface area contributed by atoms with E-state index in [4.69, 9.17) is 9.97 Å². The van der Waals surface area contributed by atoms with Crippen LogP contribution >= 0.6 is 0 Å². The summed E-state index contributed by atoms with van der Waals surface area (Å²) in [7, 11) is 0. The monoisotopic (exact) mass is 709 g/mol. The number of allylic oxidation sites excluding steroid dienone is 12. The molecule has 264 valence electrons. The molecular weight excluding hydrogens is 671 g/mol. The third kappa shape index (κ3) is 6.38. The molecule has 0 saturated carbocycles. The molecule has 4 heterocycles. The van der Waals surface area contributed by atoms with Crippen molar-refractivity contribution in [2.45, 2.75) is 31.6 Å². The number of pyridine rings is 2. The van der Waals surface area contributed by atoms with Gasteiger partial charge < -0.3 is 4.57 Å². The number of rotatable bonds is 7. The predicted molar refractivity (Wildman–Crippen MR) is 226 cm³/mol. The maximum atomic E-state index is 5.12. The first-order chi connectivity index (χ1) is 27.2. The van der Waals surface area contributed by atoms with Crippen molar-refractivity contribution in [2.24, 2.45) is 5.92 Å². The normalized spacial score (nSPS) is 18.2. The lowest BCUT2D eigenvalue weighted by molar-refractivity contribution is 0.746. The van der Waals surface area contributed by atoms with Crippen LogP contribution in [0.15, 0.2) is 182 Å². The van der Waals surface area contributed by atoms with E-state index in [0.29, 0.717) is 5.82 Å². The lowest BCUT2D eigenvalue weighted by Crippen LogP contribution is -2.12. The highest BCUT2D eigenvalue weighted by molar-refractivity contribution is 6.10. The second kappa shape index (κ2) is 14.3.